The number of hydrogen-bond donors (Lipinski definition) is 0. The predicted octanol–water partition coefficient (Wildman–Crippen LogP) is 2.33. The highest BCUT2D eigenvalue weighted by Crippen LogP contribution is 2.36. The van der Waals surface area contributed by atoms with Crippen molar-refractivity contribution in [2.24, 2.45) is 0 Å². The zero-order valence-corrected chi connectivity index (χ0v) is 13.9. The molecular formula is C14H17BBrN3O2. The van der Waals surface area contributed by atoms with Gasteiger partial charge < -0.3 is 9.31 Å². The van der Waals surface area contributed by atoms with Crippen LogP contribution < -0.4 is 5.46 Å². The van der Waals surface area contributed by atoms with Crippen molar-refractivity contribution >= 4 is 28.5 Å². The second-order valence-corrected chi connectivity index (χ2v) is 6.81. The number of halogens is 1. The van der Waals surface area contributed by atoms with E-state index in [2.05, 4.69) is 26.0 Å². The summed E-state index contributed by atoms with van der Waals surface area (Å²) in [5, 5.41) is 4.03. The average molecular weight is 352 g/mol. The topological polar surface area (TPSA) is 49.2 Å². The van der Waals surface area contributed by atoms with E-state index in [0.29, 0.717) is 10.2 Å². The molecule has 1 saturated heterocycles. The van der Waals surface area contributed by atoms with E-state index in [1.807, 2.05) is 33.8 Å². The van der Waals surface area contributed by atoms with E-state index in [-0.39, 0.29) is 12.3 Å². The van der Waals surface area contributed by atoms with Gasteiger partial charge in [0.25, 0.3) is 0 Å². The maximum Gasteiger partial charge on any atom is 0.496 e. The molecule has 0 unspecified atom stereocenters. The van der Waals surface area contributed by atoms with Gasteiger partial charge in [-0.25, -0.2) is 4.68 Å². The summed E-state index contributed by atoms with van der Waals surface area (Å²) >= 11 is 3.18. The lowest BCUT2D eigenvalue weighted by Crippen LogP contribution is -2.41. The highest BCUT2D eigenvalue weighted by atomic mass is 79.9. The Bertz CT molecular complexity index is 750. The second-order valence-electron chi connectivity index (χ2n) is 6.01. The zero-order chi connectivity index (χ0) is 17.0. The SMILES string of the molecule is [2H]c1nn(-c2cncc(B3OC(C)(C)C(C)(C)O3)c2)c([2H])c1Br. The largest absolute Gasteiger partial charge is 0.496 e. The van der Waals surface area contributed by atoms with E-state index in [4.69, 9.17) is 12.1 Å². The van der Waals surface area contributed by atoms with E-state index in [1.165, 1.54) is 4.68 Å². The van der Waals surface area contributed by atoms with Crippen molar-refractivity contribution in [1.29, 1.82) is 0 Å². The van der Waals surface area contributed by atoms with E-state index < -0.39 is 18.3 Å². The summed E-state index contributed by atoms with van der Waals surface area (Å²) in [5.74, 6) is 0. The summed E-state index contributed by atoms with van der Waals surface area (Å²) in [7, 11) is -0.531. The van der Waals surface area contributed by atoms with E-state index in [0.717, 1.165) is 5.46 Å². The fraction of sp³-hybridized carbons (Fsp3) is 0.429. The third kappa shape index (κ3) is 2.65. The summed E-state index contributed by atoms with van der Waals surface area (Å²) in [6, 6.07) is 1.81. The Morgan fingerprint density at radius 2 is 1.90 bits per heavy atom. The van der Waals surface area contributed by atoms with Crippen LogP contribution in [0.4, 0.5) is 0 Å². The maximum atomic E-state index is 8.00. The molecule has 0 radical (unpaired) electrons. The molecule has 1 aliphatic rings. The van der Waals surface area contributed by atoms with Crippen molar-refractivity contribution < 1.29 is 12.1 Å². The summed E-state index contributed by atoms with van der Waals surface area (Å²) in [5.41, 5.74) is 0.467. The van der Waals surface area contributed by atoms with Crippen LogP contribution in [0, 0.1) is 0 Å². The Kier molecular flexibility index (Phi) is 2.91. The van der Waals surface area contributed by atoms with Crippen LogP contribution in [0.3, 0.4) is 0 Å². The molecule has 5 nitrogen and oxygen atoms in total. The number of pyridine rings is 1. The standard InChI is InChI=1S/C14H17BBrN3O2/c1-13(2)14(3,4)21-15(20-13)10-5-12(8-17-6-10)19-9-11(16)7-18-19/h5-9H,1-4H3/i7D,9D. The minimum Gasteiger partial charge on any atom is -0.399 e. The number of hydrogen-bond acceptors (Lipinski definition) is 4. The number of aromatic nitrogens is 3. The van der Waals surface area contributed by atoms with Gasteiger partial charge in [-0.1, -0.05) is 0 Å². The Balaban J connectivity index is 1.97. The van der Waals surface area contributed by atoms with Crippen molar-refractivity contribution in [2.75, 3.05) is 0 Å². The minimum atomic E-state index is -0.531. The highest BCUT2D eigenvalue weighted by molar-refractivity contribution is 9.10. The molecule has 0 aromatic carbocycles. The van der Waals surface area contributed by atoms with Gasteiger partial charge >= 0.3 is 7.12 Å². The van der Waals surface area contributed by atoms with Crippen LogP contribution in [0.1, 0.15) is 30.4 Å². The molecule has 7 heteroatoms. The lowest BCUT2D eigenvalue weighted by molar-refractivity contribution is 0.00578. The molecule has 0 amide bonds. The molecule has 110 valence electrons. The van der Waals surface area contributed by atoms with Crippen LogP contribution in [-0.2, 0) is 9.31 Å². The van der Waals surface area contributed by atoms with Crippen LogP contribution >= 0.6 is 15.9 Å². The van der Waals surface area contributed by atoms with Gasteiger partial charge in [0.1, 0.15) is 0 Å². The van der Waals surface area contributed by atoms with Crippen molar-refractivity contribution in [2.45, 2.75) is 38.9 Å². The molecule has 3 rings (SSSR count). The molecular weight excluding hydrogens is 333 g/mol. The number of nitrogens with zero attached hydrogens (tertiary/aromatic N) is 3. The van der Waals surface area contributed by atoms with Crippen molar-refractivity contribution in [3.8, 4) is 5.69 Å². The average Bonchev–Trinajstić information content (AvgIpc) is 2.86. The molecule has 2 aromatic heterocycles. The number of rotatable bonds is 2. The third-order valence-electron chi connectivity index (χ3n) is 3.97. The zero-order valence-electron chi connectivity index (χ0n) is 14.3. The maximum absolute atomic E-state index is 8.00. The fourth-order valence-corrected chi connectivity index (χ4v) is 2.28. The molecule has 21 heavy (non-hydrogen) atoms. The molecule has 0 N–H and O–H groups in total. The van der Waals surface area contributed by atoms with Gasteiger partial charge in [-0.3, -0.25) is 4.98 Å². The molecule has 0 spiro atoms. The summed E-state index contributed by atoms with van der Waals surface area (Å²) in [6.07, 6.45) is 3.38. The van der Waals surface area contributed by atoms with E-state index in [9.17, 15) is 0 Å². The minimum absolute atomic E-state index is 0.0102. The van der Waals surface area contributed by atoms with Gasteiger partial charge in [0.05, 0.1) is 36.5 Å². The first-order valence-electron chi connectivity index (χ1n) is 7.65. The molecule has 0 bridgehead atoms. The Morgan fingerprint density at radius 1 is 1.24 bits per heavy atom. The fourth-order valence-electron chi connectivity index (χ4n) is 2.03. The van der Waals surface area contributed by atoms with Crippen molar-refractivity contribution in [1.82, 2.24) is 14.8 Å². The Labute approximate surface area is 135 Å². The van der Waals surface area contributed by atoms with E-state index in [1.54, 1.807) is 12.4 Å². The molecule has 0 saturated carbocycles. The molecule has 3 heterocycles. The molecule has 2 aromatic rings. The third-order valence-corrected chi connectivity index (χ3v) is 4.32. The molecule has 0 aliphatic carbocycles. The smallest absolute Gasteiger partial charge is 0.399 e. The highest BCUT2D eigenvalue weighted by Gasteiger charge is 2.51. The predicted molar refractivity (Wildman–Crippen MR) is 84.8 cm³/mol. The van der Waals surface area contributed by atoms with E-state index >= 15 is 0 Å². The quantitative estimate of drug-likeness (QED) is 0.779. The van der Waals surface area contributed by atoms with Crippen molar-refractivity contribution in [3.05, 3.63) is 35.3 Å². The first-order chi connectivity index (χ1) is 10.6. The van der Waals surface area contributed by atoms with Crippen LogP contribution in [0.2, 0.25) is 0 Å². The second kappa shape index (κ2) is 4.93. The lowest BCUT2D eigenvalue weighted by atomic mass is 9.80. The molecule has 1 fully saturated rings. The van der Waals surface area contributed by atoms with Gasteiger partial charge in [0, 0.05) is 17.8 Å². The van der Waals surface area contributed by atoms with Crippen LogP contribution in [0.5, 0.6) is 0 Å². The van der Waals surface area contributed by atoms with Gasteiger partial charge in [0.2, 0.25) is 0 Å². The first-order valence-corrected chi connectivity index (χ1v) is 7.44. The van der Waals surface area contributed by atoms with Crippen LogP contribution in [0.25, 0.3) is 5.69 Å². The van der Waals surface area contributed by atoms with Gasteiger partial charge in [-0.2, -0.15) is 5.10 Å². The van der Waals surface area contributed by atoms with Gasteiger partial charge in [-0.15, -0.1) is 0 Å². The monoisotopic (exact) mass is 351 g/mol. The summed E-state index contributed by atoms with van der Waals surface area (Å²) < 4.78 is 29.4. The van der Waals surface area contributed by atoms with Gasteiger partial charge in [0.15, 0.2) is 0 Å². The molecule has 0 atom stereocenters. The molecule has 1 aliphatic heterocycles. The van der Waals surface area contributed by atoms with Gasteiger partial charge in [-0.05, 0) is 49.7 Å². The summed E-state index contributed by atoms with van der Waals surface area (Å²) in [4.78, 5) is 4.20. The Morgan fingerprint density at radius 3 is 2.48 bits per heavy atom. The Hall–Kier alpha value is -1.18. The van der Waals surface area contributed by atoms with Crippen LogP contribution in [0.15, 0.2) is 35.3 Å². The normalized spacial score (nSPS) is 21.3. The summed E-state index contributed by atoms with van der Waals surface area (Å²) in [6.45, 7) is 7.96. The first kappa shape index (κ1) is 12.4. The van der Waals surface area contributed by atoms with Crippen LogP contribution in [-0.4, -0.2) is 33.1 Å². The van der Waals surface area contributed by atoms with Crippen molar-refractivity contribution in [3.63, 3.8) is 0 Å². The lowest BCUT2D eigenvalue weighted by Gasteiger charge is -2.32.